The van der Waals surface area contributed by atoms with Crippen LogP contribution in [0.2, 0.25) is 0 Å². The number of carbonyl (C=O) groups is 1. The zero-order chi connectivity index (χ0) is 15.6. The van der Waals surface area contributed by atoms with Crippen LogP contribution in [0, 0.1) is 6.92 Å². The van der Waals surface area contributed by atoms with Crippen LogP contribution < -0.4 is 0 Å². The van der Waals surface area contributed by atoms with Crippen molar-refractivity contribution in [1.82, 2.24) is 15.0 Å². The quantitative estimate of drug-likeness (QED) is 0.910. The van der Waals surface area contributed by atoms with Gasteiger partial charge in [0.05, 0.1) is 6.54 Å². The van der Waals surface area contributed by atoms with E-state index in [-0.39, 0.29) is 0 Å². The molecule has 6 heteroatoms. The fourth-order valence-electron chi connectivity index (χ4n) is 1.79. The molecule has 0 bridgehead atoms. The topological polar surface area (TPSA) is 79.5 Å². The van der Waals surface area contributed by atoms with E-state index >= 15 is 0 Å². The molecule has 1 aromatic heterocycles. The Morgan fingerprint density at radius 2 is 2.14 bits per heavy atom. The van der Waals surface area contributed by atoms with E-state index in [2.05, 4.69) is 10.1 Å². The average molecular weight is 289 g/mol. The molecule has 0 aliphatic heterocycles. The highest BCUT2D eigenvalue weighted by Gasteiger charge is 2.32. The van der Waals surface area contributed by atoms with Gasteiger partial charge in [-0.05, 0) is 40.0 Å². The van der Waals surface area contributed by atoms with E-state index in [9.17, 15) is 9.90 Å². The number of aliphatic carboxylic acids is 1. The van der Waals surface area contributed by atoms with E-state index in [0.29, 0.717) is 18.3 Å². The molecule has 0 saturated carbocycles. The fraction of sp³-hybridized carbons (Fsp3) is 0.400. The predicted octanol–water partition coefficient (Wildman–Crippen LogP) is 2.34. The monoisotopic (exact) mass is 289 g/mol. The number of likely N-dealkylation sites (N-methyl/N-ethyl adjacent to an activating group) is 1. The van der Waals surface area contributed by atoms with E-state index in [1.807, 2.05) is 31.2 Å². The molecule has 1 N–H and O–H groups in total. The summed E-state index contributed by atoms with van der Waals surface area (Å²) < 4.78 is 5.24. The maximum atomic E-state index is 11.2. The lowest BCUT2D eigenvalue weighted by molar-refractivity contribution is -0.148. The highest BCUT2D eigenvalue weighted by atomic mass is 16.5. The molecule has 0 radical (unpaired) electrons. The van der Waals surface area contributed by atoms with Gasteiger partial charge in [-0.3, -0.25) is 9.69 Å². The number of hydrogen-bond acceptors (Lipinski definition) is 5. The van der Waals surface area contributed by atoms with E-state index in [1.54, 1.807) is 25.8 Å². The van der Waals surface area contributed by atoms with Gasteiger partial charge in [-0.15, -0.1) is 0 Å². The van der Waals surface area contributed by atoms with Gasteiger partial charge >= 0.3 is 5.97 Å². The Morgan fingerprint density at radius 3 is 2.76 bits per heavy atom. The second kappa shape index (κ2) is 5.65. The molecular formula is C15H19N3O3. The van der Waals surface area contributed by atoms with Crippen LogP contribution in [0.4, 0.5) is 0 Å². The van der Waals surface area contributed by atoms with Crippen LogP contribution >= 0.6 is 0 Å². The lowest BCUT2D eigenvalue weighted by Gasteiger charge is -2.30. The highest BCUT2D eigenvalue weighted by Crippen LogP contribution is 2.20. The van der Waals surface area contributed by atoms with Gasteiger partial charge in [0.2, 0.25) is 0 Å². The van der Waals surface area contributed by atoms with Crippen molar-refractivity contribution in [2.24, 2.45) is 0 Å². The largest absolute Gasteiger partial charge is 0.480 e. The number of aromatic nitrogens is 2. The van der Waals surface area contributed by atoms with Gasteiger partial charge in [0.1, 0.15) is 5.54 Å². The van der Waals surface area contributed by atoms with Crippen LogP contribution in [0.3, 0.4) is 0 Å². The molecular weight excluding hydrogens is 270 g/mol. The van der Waals surface area contributed by atoms with Gasteiger partial charge < -0.3 is 9.63 Å². The molecule has 0 aliphatic carbocycles. The molecule has 2 rings (SSSR count). The summed E-state index contributed by atoms with van der Waals surface area (Å²) in [4.78, 5) is 17.2. The summed E-state index contributed by atoms with van der Waals surface area (Å²) in [6.45, 7) is 5.56. The zero-order valence-corrected chi connectivity index (χ0v) is 12.6. The molecule has 1 heterocycles. The number of carboxylic acid groups (broad SMARTS) is 1. The first kappa shape index (κ1) is 15.2. The molecule has 0 atom stereocenters. The summed E-state index contributed by atoms with van der Waals surface area (Å²) >= 11 is 0. The third-order valence-electron chi connectivity index (χ3n) is 3.59. The minimum atomic E-state index is -0.996. The number of benzene rings is 1. The van der Waals surface area contributed by atoms with Crippen LogP contribution in [-0.2, 0) is 11.3 Å². The van der Waals surface area contributed by atoms with Crippen LogP contribution in [0.5, 0.6) is 0 Å². The van der Waals surface area contributed by atoms with Gasteiger partial charge in [0.25, 0.3) is 5.89 Å². The van der Waals surface area contributed by atoms with Gasteiger partial charge in [-0.1, -0.05) is 22.9 Å². The number of hydrogen-bond donors (Lipinski definition) is 1. The first-order valence-corrected chi connectivity index (χ1v) is 6.65. The molecule has 112 valence electrons. The smallest absolute Gasteiger partial charge is 0.323 e. The Bertz CT molecular complexity index is 649. The molecule has 6 nitrogen and oxygen atoms in total. The molecule has 21 heavy (non-hydrogen) atoms. The second-order valence-corrected chi connectivity index (χ2v) is 5.61. The molecule has 0 spiro atoms. The van der Waals surface area contributed by atoms with Crippen molar-refractivity contribution in [3.8, 4) is 11.5 Å². The van der Waals surface area contributed by atoms with Crippen molar-refractivity contribution in [3.05, 3.63) is 35.7 Å². The van der Waals surface area contributed by atoms with Gasteiger partial charge in [-0.25, -0.2) is 0 Å². The lowest BCUT2D eigenvalue weighted by Crippen LogP contribution is -2.47. The van der Waals surface area contributed by atoms with Gasteiger partial charge in [0, 0.05) is 5.56 Å². The standard InChI is InChI=1S/C15H19N3O3/c1-10-6-5-7-11(8-10)13-16-12(17-21-13)9-18(4)15(2,3)14(19)20/h5-8H,9H2,1-4H3,(H,19,20). The first-order valence-electron chi connectivity index (χ1n) is 6.65. The van der Waals surface area contributed by atoms with E-state index in [1.165, 1.54) is 0 Å². The summed E-state index contributed by atoms with van der Waals surface area (Å²) in [6, 6.07) is 7.77. The molecule has 2 aromatic rings. The van der Waals surface area contributed by atoms with Crippen molar-refractivity contribution in [3.63, 3.8) is 0 Å². The van der Waals surface area contributed by atoms with Crippen LogP contribution in [0.25, 0.3) is 11.5 Å². The number of aryl methyl sites for hydroxylation is 1. The Balaban J connectivity index is 2.16. The SMILES string of the molecule is Cc1cccc(-c2nc(CN(C)C(C)(C)C(=O)O)no2)c1. The predicted molar refractivity (Wildman–Crippen MR) is 77.7 cm³/mol. The number of rotatable bonds is 5. The Labute approximate surface area is 123 Å². The van der Waals surface area contributed by atoms with Crippen molar-refractivity contribution in [1.29, 1.82) is 0 Å². The molecule has 0 unspecified atom stereocenters. The molecule has 0 fully saturated rings. The summed E-state index contributed by atoms with van der Waals surface area (Å²) in [5.74, 6) is 0.00552. The zero-order valence-electron chi connectivity index (χ0n) is 12.6. The van der Waals surface area contributed by atoms with Crippen LogP contribution in [0.15, 0.2) is 28.8 Å². The lowest BCUT2D eigenvalue weighted by atomic mass is 10.0. The molecule has 0 amide bonds. The Kier molecular flexibility index (Phi) is 4.09. The van der Waals surface area contributed by atoms with Crippen molar-refractivity contribution in [2.75, 3.05) is 7.05 Å². The maximum Gasteiger partial charge on any atom is 0.323 e. The van der Waals surface area contributed by atoms with E-state index in [0.717, 1.165) is 11.1 Å². The second-order valence-electron chi connectivity index (χ2n) is 5.61. The summed E-state index contributed by atoms with van der Waals surface area (Å²) in [5.41, 5.74) is 0.967. The minimum absolute atomic E-state index is 0.300. The highest BCUT2D eigenvalue weighted by molar-refractivity contribution is 5.77. The Hall–Kier alpha value is -2.21. The molecule has 0 aliphatic rings. The molecule has 1 aromatic carbocycles. The summed E-state index contributed by atoms with van der Waals surface area (Å²) in [6.07, 6.45) is 0. The number of carboxylic acids is 1. The summed E-state index contributed by atoms with van der Waals surface area (Å²) in [7, 11) is 1.72. The van der Waals surface area contributed by atoms with E-state index < -0.39 is 11.5 Å². The van der Waals surface area contributed by atoms with Crippen LogP contribution in [-0.4, -0.2) is 38.7 Å². The fourth-order valence-corrected chi connectivity index (χ4v) is 1.79. The van der Waals surface area contributed by atoms with Crippen molar-refractivity contribution in [2.45, 2.75) is 32.9 Å². The molecule has 0 saturated heterocycles. The average Bonchev–Trinajstić information content (AvgIpc) is 2.87. The third-order valence-corrected chi connectivity index (χ3v) is 3.59. The summed E-state index contributed by atoms with van der Waals surface area (Å²) in [5, 5.41) is 13.1. The normalized spacial score (nSPS) is 11.9. The van der Waals surface area contributed by atoms with Crippen molar-refractivity contribution < 1.29 is 14.4 Å². The van der Waals surface area contributed by atoms with Gasteiger partial charge in [-0.2, -0.15) is 4.98 Å². The van der Waals surface area contributed by atoms with E-state index in [4.69, 9.17) is 4.52 Å². The van der Waals surface area contributed by atoms with Crippen LogP contribution in [0.1, 0.15) is 25.2 Å². The maximum absolute atomic E-state index is 11.2. The third kappa shape index (κ3) is 3.28. The van der Waals surface area contributed by atoms with Gasteiger partial charge in [0.15, 0.2) is 5.82 Å². The van der Waals surface area contributed by atoms with Crippen molar-refractivity contribution >= 4 is 5.97 Å². The first-order chi connectivity index (χ1) is 9.80. The Morgan fingerprint density at radius 1 is 1.43 bits per heavy atom. The minimum Gasteiger partial charge on any atom is -0.480 e. The number of nitrogens with zero attached hydrogens (tertiary/aromatic N) is 3.